The minimum atomic E-state index is 0. The second-order valence-corrected chi connectivity index (χ2v) is 7.81. The van der Waals surface area contributed by atoms with E-state index in [4.69, 9.17) is 9.47 Å². The van der Waals surface area contributed by atoms with E-state index in [2.05, 4.69) is 75.9 Å². The summed E-state index contributed by atoms with van der Waals surface area (Å²) in [5, 5.41) is 6.95. The summed E-state index contributed by atoms with van der Waals surface area (Å²) in [6, 6.07) is 17.1. The highest BCUT2D eigenvalue weighted by Crippen LogP contribution is 2.23. The van der Waals surface area contributed by atoms with Gasteiger partial charge in [0.25, 0.3) is 0 Å². The minimum Gasteiger partial charge on any atom is -0.497 e. The van der Waals surface area contributed by atoms with E-state index < -0.39 is 0 Å². The SMILES string of the molecule is CN=C(NCc1cccc(N(C)C)c1)NCC(c1ccc(OC)cc1)N1CCOCC1.I. The van der Waals surface area contributed by atoms with Crippen LogP contribution in [0.2, 0.25) is 0 Å². The Balaban J connectivity index is 0.00000363. The fraction of sp³-hybridized carbons (Fsp3) is 0.458. The van der Waals surface area contributed by atoms with Gasteiger partial charge in [0.15, 0.2) is 5.96 Å². The van der Waals surface area contributed by atoms with Crippen molar-refractivity contribution in [1.29, 1.82) is 0 Å². The second kappa shape index (κ2) is 13.5. The van der Waals surface area contributed by atoms with Gasteiger partial charge in [0.05, 0.1) is 26.4 Å². The lowest BCUT2D eigenvalue weighted by Gasteiger charge is -2.35. The number of morpholine rings is 1. The maximum absolute atomic E-state index is 5.56. The lowest BCUT2D eigenvalue weighted by atomic mass is 10.0. The van der Waals surface area contributed by atoms with Crippen molar-refractivity contribution in [2.45, 2.75) is 12.6 Å². The Morgan fingerprint density at radius 1 is 1.12 bits per heavy atom. The van der Waals surface area contributed by atoms with Crippen LogP contribution in [0.1, 0.15) is 17.2 Å². The van der Waals surface area contributed by atoms with E-state index in [0.717, 1.165) is 44.6 Å². The van der Waals surface area contributed by atoms with Crippen LogP contribution in [0.5, 0.6) is 5.75 Å². The zero-order chi connectivity index (χ0) is 22.1. The number of rotatable bonds is 8. The molecular weight excluding hydrogens is 517 g/mol. The van der Waals surface area contributed by atoms with E-state index in [9.17, 15) is 0 Å². The summed E-state index contributed by atoms with van der Waals surface area (Å²) in [5.41, 5.74) is 3.66. The summed E-state index contributed by atoms with van der Waals surface area (Å²) in [6.07, 6.45) is 0. The monoisotopic (exact) mass is 553 g/mol. The third-order valence-corrected chi connectivity index (χ3v) is 5.56. The van der Waals surface area contributed by atoms with Gasteiger partial charge < -0.3 is 25.0 Å². The van der Waals surface area contributed by atoms with Crippen LogP contribution in [0.3, 0.4) is 0 Å². The van der Waals surface area contributed by atoms with Gasteiger partial charge in [-0.05, 0) is 35.4 Å². The molecular formula is C24H36IN5O2. The Morgan fingerprint density at radius 2 is 1.84 bits per heavy atom. The fourth-order valence-electron chi connectivity index (χ4n) is 3.72. The first-order valence-electron chi connectivity index (χ1n) is 10.8. The molecule has 1 aliphatic heterocycles. The molecule has 2 aromatic rings. The van der Waals surface area contributed by atoms with Crippen molar-refractivity contribution in [2.75, 3.05) is 66.0 Å². The van der Waals surface area contributed by atoms with Gasteiger partial charge in [0.2, 0.25) is 0 Å². The number of aliphatic imine (C=N–C) groups is 1. The van der Waals surface area contributed by atoms with E-state index in [0.29, 0.717) is 6.54 Å². The van der Waals surface area contributed by atoms with Gasteiger partial charge in [-0.15, -0.1) is 24.0 Å². The van der Waals surface area contributed by atoms with Crippen LogP contribution in [0.25, 0.3) is 0 Å². The molecule has 0 bridgehead atoms. The van der Waals surface area contributed by atoms with Crippen molar-refractivity contribution in [1.82, 2.24) is 15.5 Å². The maximum Gasteiger partial charge on any atom is 0.191 e. The predicted octanol–water partition coefficient (Wildman–Crippen LogP) is 3.12. The molecule has 0 aromatic heterocycles. The molecule has 1 heterocycles. The first kappa shape index (κ1) is 26.2. The normalized spacial score (nSPS) is 15.4. The molecule has 1 atom stereocenters. The molecule has 0 amide bonds. The number of ether oxygens (including phenoxy) is 2. The van der Waals surface area contributed by atoms with Gasteiger partial charge in [0, 0.05) is 53.0 Å². The first-order chi connectivity index (χ1) is 15.1. The zero-order valence-electron chi connectivity index (χ0n) is 19.5. The highest BCUT2D eigenvalue weighted by Gasteiger charge is 2.23. The van der Waals surface area contributed by atoms with Gasteiger partial charge in [-0.1, -0.05) is 24.3 Å². The minimum absolute atomic E-state index is 0. The van der Waals surface area contributed by atoms with Crippen molar-refractivity contribution in [3.05, 3.63) is 59.7 Å². The fourth-order valence-corrected chi connectivity index (χ4v) is 3.72. The molecule has 2 aromatic carbocycles. The molecule has 3 rings (SSSR count). The number of nitrogens with one attached hydrogen (secondary N) is 2. The Labute approximate surface area is 209 Å². The van der Waals surface area contributed by atoms with Crippen LogP contribution in [-0.2, 0) is 11.3 Å². The molecule has 0 spiro atoms. The first-order valence-corrected chi connectivity index (χ1v) is 10.8. The lowest BCUT2D eigenvalue weighted by Crippen LogP contribution is -2.46. The molecule has 0 radical (unpaired) electrons. The van der Waals surface area contributed by atoms with Crippen LogP contribution in [0.15, 0.2) is 53.5 Å². The van der Waals surface area contributed by atoms with Gasteiger partial charge in [-0.25, -0.2) is 0 Å². The highest BCUT2D eigenvalue weighted by atomic mass is 127. The Bertz CT molecular complexity index is 839. The van der Waals surface area contributed by atoms with E-state index >= 15 is 0 Å². The van der Waals surface area contributed by atoms with Crippen LogP contribution < -0.4 is 20.3 Å². The number of guanidine groups is 1. The summed E-state index contributed by atoms with van der Waals surface area (Å²) in [6.45, 7) is 4.84. The summed E-state index contributed by atoms with van der Waals surface area (Å²) in [7, 11) is 7.61. The molecule has 176 valence electrons. The number of hydrogen-bond acceptors (Lipinski definition) is 5. The van der Waals surface area contributed by atoms with Crippen molar-refractivity contribution in [3.8, 4) is 5.75 Å². The number of nitrogens with zero attached hydrogens (tertiary/aromatic N) is 3. The van der Waals surface area contributed by atoms with Crippen molar-refractivity contribution < 1.29 is 9.47 Å². The number of halogens is 1. The second-order valence-electron chi connectivity index (χ2n) is 7.81. The molecule has 32 heavy (non-hydrogen) atoms. The number of methoxy groups -OCH3 is 1. The Kier molecular flexibility index (Phi) is 11.1. The van der Waals surface area contributed by atoms with E-state index in [1.54, 1.807) is 7.11 Å². The average Bonchev–Trinajstić information content (AvgIpc) is 2.82. The van der Waals surface area contributed by atoms with Gasteiger partial charge >= 0.3 is 0 Å². The summed E-state index contributed by atoms with van der Waals surface area (Å²) >= 11 is 0. The third-order valence-electron chi connectivity index (χ3n) is 5.56. The van der Waals surface area contributed by atoms with Crippen LogP contribution in [0, 0.1) is 0 Å². The molecule has 2 N–H and O–H groups in total. The zero-order valence-corrected chi connectivity index (χ0v) is 21.8. The largest absolute Gasteiger partial charge is 0.497 e. The third kappa shape index (κ3) is 7.53. The molecule has 1 unspecified atom stereocenters. The Morgan fingerprint density at radius 3 is 2.47 bits per heavy atom. The Hall–Kier alpha value is -2.04. The standard InChI is InChI=1S/C24H35N5O2.HI/c1-25-24(26-17-19-6-5-7-21(16-19)28(2)3)27-18-23(29-12-14-31-15-13-29)20-8-10-22(30-4)11-9-20;/h5-11,16,23H,12-15,17-18H2,1-4H3,(H2,25,26,27);1H. The van der Waals surface area contributed by atoms with E-state index in [1.165, 1.54) is 16.8 Å². The topological polar surface area (TPSA) is 61.4 Å². The average molecular weight is 553 g/mol. The molecule has 0 aliphatic carbocycles. The predicted molar refractivity (Wildman–Crippen MR) is 143 cm³/mol. The lowest BCUT2D eigenvalue weighted by molar-refractivity contribution is 0.0170. The van der Waals surface area contributed by atoms with Crippen molar-refractivity contribution in [2.24, 2.45) is 4.99 Å². The van der Waals surface area contributed by atoms with Gasteiger partial charge in [-0.2, -0.15) is 0 Å². The van der Waals surface area contributed by atoms with E-state index in [1.807, 2.05) is 19.2 Å². The van der Waals surface area contributed by atoms with Crippen LogP contribution >= 0.6 is 24.0 Å². The molecule has 0 saturated carbocycles. The van der Waals surface area contributed by atoms with Crippen LogP contribution in [0.4, 0.5) is 5.69 Å². The highest BCUT2D eigenvalue weighted by molar-refractivity contribution is 14.0. The van der Waals surface area contributed by atoms with Gasteiger partial charge in [0.1, 0.15) is 5.75 Å². The summed E-state index contributed by atoms with van der Waals surface area (Å²) in [4.78, 5) is 8.99. The molecule has 7 nitrogen and oxygen atoms in total. The quantitative estimate of drug-likeness (QED) is 0.298. The van der Waals surface area contributed by atoms with Crippen molar-refractivity contribution >= 4 is 35.6 Å². The van der Waals surface area contributed by atoms with E-state index in [-0.39, 0.29) is 30.0 Å². The molecule has 8 heteroatoms. The van der Waals surface area contributed by atoms with Crippen molar-refractivity contribution in [3.63, 3.8) is 0 Å². The van der Waals surface area contributed by atoms with Gasteiger partial charge in [-0.3, -0.25) is 9.89 Å². The number of hydrogen-bond donors (Lipinski definition) is 2. The van der Waals surface area contributed by atoms with Crippen LogP contribution in [-0.4, -0.2) is 72.0 Å². The summed E-state index contributed by atoms with van der Waals surface area (Å²) < 4.78 is 10.9. The summed E-state index contributed by atoms with van der Waals surface area (Å²) in [5.74, 6) is 1.66. The smallest absolute Gasteiger partial charge is 0.191 e. The number of benzene rings is 2. The molecule has 1 aliphatic rings. The maximum atomic E-state index is 5.56. The molecule has 1 fully saturated rings. The molecule has 1 saturated heterocycles. The number of anilines is 1.